The van der Waals surface area contributed by atoms with Crippen LogP contribution in [0.15, 0.2) is 49.7 Å². The summed E-state index contributed by atoms with van der Waals surface area (Å²) in [5, 5.41) is 3.15. The highest BCUT2D eigenvalue weighted by atomic mass is 14.8. The number of hydrogen-bond donors (Lipinski definition) is 1. The zero-order valence-electron chi connectivity index (χ0n) is 8.84. The van der Waals surface area contributed by atoms with Crippen molar-refractivity contribution in [2.75, 3.05) is 6.54 Å². The first-order chi connectivity index (χ1) is 6.22. The van der Waals surface area contributed by atoms with Gasteiger partial charge in [-0.25, -0.2) is 0 Å². The van der Waals surface area contributed by atoms with Crippen LogP contribution >= 0.6 is 0 Å². The molecule has 0 unspecified atom stereocenters. The molecule has 1 nitrogen and oxygen atoms in total. The second-order valence-corrected chi connectivity index (χ2v) is 2.52. The Hall–Kier alpha value is -1.24. The molecule has 74 valence electrons. The Labute approximate surface area is 82.6 Å². The van der Waals surface area contributed by atoms with Gasteiger partial charge in [-0.15, -0.1) is 0 Å². The molecular formula is C12H21N. The van der Waals surface area contributed by atoms with Crippen LogP contribution in [0.2, 0.25) is 0 Å². The summed E-state index contributed by atoms with van der Waals surface area (Å²) in [6, 6.07) is 0. The molecule has 0 atom stereocenters. The lowest BCUT2D eigenvalue weighted by Crippen LogP contribution is -2.05. The first kappa shape index (κ1) is 14.3. The predicted molar refractivity (Wildman–Crippen MR) is 62.6 cm³/mol. The molecule has 0 amide bonds. The summed E-state index contributed by atoms with van der Waals surface area (Å²) in [5.74, 6) is 0. The molecule has 0 heterocycles. The van der Waals surface area contributed by atoms with Crippen molar-refractivity contribution in [1.29, 1.82) is 0 Å². The second kappa shape index (κ2) is 13.4. The SMILES string of the molecule is C=C/C(C)=C/NCCC.C=CC=C. The van der Waals surface area contributed by atoms with Crippen molar-refractivity contribution in [3.05, 3.63) is 49.7 Å². The Morgan fingerprint density at radius 1 is 1.23 bits per heavy atom. The maximum atomic E-state index is 3.63. The molecule has 1 heteroatoms. The van der Waals surface area contributed by atoms with Crippen LogP contribution < -0.4 is 5.32 Å². The summed E-state index contributed by atoms with van der Waals surface area (Å²) in [6.07, 6.45) is 8.26. The molecule has 0 radical (unpaired) electrons. The Balaban J connectivity index is 0. The van der Waals surface area contributed by atoms with Gasteiger partial charge in [-0.1, -0.05) is 44.9 Å². The third-order valence-electron chi connectivity index (χ3n) is 1.21. The van der Waals surface area contributed by atoms with Crippen LogP contribution in [-0.2, 0) is 0 Å². The molecule has 0 aliphatic rings. The molecule has 0 spiro atoms. The van der Waals surface area contributed by atoms with Gasteiger partial charge < -0.3 is 5.32 Å². The zero-order valence-corrected chi connectivity index (χ0v) is 8.84. The van der Waals surface area contributed by atoms with E-state index in [0.717, 1.165) is 6.54 Å². The summed E-state index contributed by atoms with van der Waals surface area (Å²) in [7, 11) is 0. The molecule has 0 aromatic carbocycles. The van der Waals surface area contributed by atoms with Crippen molar-refractivity contribution < 1.29 is 0 Å². The minimum absolute atomic E-state index is 1.05. The van der Waals surface area contributed by atoms with Gasteiger partial charge in [0, 0.05) is 6.54 Å². The van der Waals surface area contributed by atoms with Crippen LogP contribution in [0.25, 0.3) is 0 Å². The quantitative estimate of drug-likeness (QED) is 0.503. The molecular weight excluding hydrogens is 158 g/mol. The van der Waals surface area contributed by atoms with Crippen LogP contribution in [0, 0.1) is 0 Å². The first-order valence-electron chi connectivity index (χ1n) is 4.48. The molecule has 0 bridgehead atoms. The highest BCUT2D eigenvalue weighted by Gasteiger charge is 1.76. The fourth-order valence-corrected chi connectivity index (χ4v) is 0.436. The summed E-state index contributed by atoms with van der Waals surface area (Å²) in [4.78, 5) is 0. The fraction of sp³-hybridized carbons (Fsp3) is 0.333. The Bertz CT molecular complexity index is 160. The molecule has 0 aromatic heterocycles. The van der Waals surface area contributed by atoms with Crippen molar-refractivity contribution in [3.8, 4) is 0 Å². The van der Waals surface area contributed by atoms with Crippen LogP contribution in [-0.4, -0.2) is 6.54 Å². The number of hydrogen-bond acceptors (Lipinski definition) is 1. The minimum Gasteiger partial charge on any atom is -0.391 e. The lowest BCUT2D eigenvalue weighted by molar-refractivity contribution is 0.805. The molecule has 1 N–H and O–H groups in total. The minimum atomic E-state index is 1.05. The standard InChI is InChI=1S/C8H15N.C4H6/c1-4-6-9-7-8(3)5-2;1-3-4-2/h5,7,9H,2,4,6H2,1,3H3;3-4H,1-2H2/b8-7+;. The van der Waals surface area contributed by atoms with Gasteiger partial charge in [0.1, 0.15) is 0 Å². The van der Waals surface area contributed by atoms with Crippen LogP contribution in [0.4, 0.5) is 0 Å². The van der Waals surface area contributed by atoms with Crippen LogP contribution in [0.3, 0.4) is 0 Å². The first-order valence-corrected chi connectivity index (χ1v) is 4.48. The number of nitrogens with one attached hydrogen (secondary N) is 1. The summed E-state index contributed by atoms with van der Waals surface area (Å²) in [6.45, 7) is 15.6. The van der Waals surface area contributed by atoms with Gasteiger partial charge in [0.15, 0.2) is 0 Å². The third-order valence-corrected chi connectivity index (χ3v) is 1.21. The van der Waals surface area contributed by atoms with Crippen molar-refractivity contribution in [1.82, 2.24) is 5.32 Å². The Morgan fingerprint density at radius 2 is 1.77 bits per heavy atom. The fourth-order valence-electron chi connectivity index (χ4n) is 0.436. The smallest absolute Gasteiger partial charge is 0.0138 e. The maximum absolute atomic E-state index is 3.63. The van der Waals surface area contributed by atoms with Gasteiger partial charge in [0.05, 0.1) is 0 Å². The maximum Gasteiger partial charge on any atom is 0.0138 e. The highest BCUT2D eigenvalue weighted by Crippen LogP contribution is 1.88. The van der Waals surface area contributed by atoms with E-state index >= 15 is 0 Å². The Morgan fingerprint density at radius 3 is 2.08 bits per heavy atom. The second-order valence-electron chi connectivity index (χ2n) is 2.52. The molecule has 13 heavy (non-hydrogen) atoms. The van der Waals surface area contributed by atoms with Gasteiger partial charge in [-0.3, -0.25) is 0 Å². The van der Waals surface area contributed by atoms with Crippen molar-refractivity contribution in [2.45, 2.75) is 20.3 Å². The molecule has 0 rings (SSSR count). The lowest BCUT2D eigenvalue weighted by Gasteiger charge is -1.95. The summed E-state index contributed by atoms with van der Waals surface area (Å²) < 4.78 is 0. The van der Waals surface area contributed by atoms with Crippen molar-refractivity contribution in [2.24, 2.45) is 0 Å². The topological polar surface area (TPSA) is 12.0 Å². The molecule has 0 aliphatic heterocycles. The monoisotopic (exact) mass is 179 g/mol. The van der Waals surface area contributed by atoms with Crippen molar-refractivity contribution in [3.63, 3.8) is 0 Å². The molecule has 0 fully saturated rings. The Kier molecular flexibility index (Phi) is 14.7. The van der Waals surface area contributed by atoms with Crippen LogP contribution in [0.1, 0.15) is 20.3 Å². The van der Waals surface area contributed by atoms with E-state index in [1.54, 1.807) is 12.2 Å². The van der Waals surface area contributed by atoms with E-state index in [-0.39, 0.29) is 0 Å². The van der Waals surface area contributed by atoms with Gasteiger partial charge in [0.2, 0.25) is 0 Å². The van der Waals surface area contributed by atoms with Gasteiger partial charge in [-0.05, 0) is 25.1 Å². The van der Waals surface area contributed by atoms with Gasteiger partial charge in [-0.2, -0.15) is 0 Å². The summed E-state index contributed by atoms with van der Waals surface area (Å²) >= 11 is 0. The van der Waals surface area contributed by atoms with E-state index in [9.17, 15) is 0 Å². The normalized spacial score (nSPS) is 9.23. The molecule has 0 aliphatic carbocycles. The largest absolute Gasteiger partial charge is 0.391 e. The average Bonchev–Trinajstić information content (AvgIpc) is 2.18. The average molecular weight is 179 g/mol. The van der Waals surface area contributed by atoms with E-state index in [4.69, 9.17) is 0 Å². The summed E-state index contributed by atoms with van der Waals surface area (Å²) in [5.41, 5.74) is 1.18. The molecule has 0 saturated heterocycles. The lowest BCUT2D eigenvalue weighted by atomic mass is 10.3. The van der Waals surface area contributed by atoms with E-state index in [1.165, 1.54) is 12.0 Å². The predicted octanol–water partition coefficient (Wildman–Crippen LogP) is 3.43. The zero-order chi connectivity index (χ0) is 10.5. The molecule has 0 saturated carbocycles. The van der Waals surface area contributed by atoms with Crippen LogP contribution in [0.5, 0.6) is 0 Å². The highest BCUT2D eigenvalue weighted by molar-refractivity contribution is 5.11. The van der Waals surface area contributed by atoms with E-state index in [1.807, 2.05) is 19.2 Å². The van der Waals surface area contributed by atoms with Gasteiger partial charge >= 0.3 is 0 Å². The van der Waals surface area contributed by atoms with E-state index in [0.29, 0.717) is 0 Å². The number of rotatable bonds is 5. The van der Waals surface area contributed by atoms with Gasteiger partial charge in [0.25, 0.3) is 0 Å². The molecule has 0 aromatic rings. The number of allylic oxidation sites excluding steroid dienone is 4. The van der Waals surface area contributed by atoms with Crippen molar-refractivity contribution >= 4 is 0 Å². The third kappa shape index (κ3) is 18.1. The van der Waals surface area contributed by atoms with E-state index < -0.39 is 0 Å². The van der Waals surface area contributed by atoms with E-state index in [2.05, 4.69) is 32.0 Å².